The molecule has 0 aliphatic carbocycles. The number of carbonyl (C=O) groups excluding carboxylic acids is 2. The molecule has 1 aliphatic heterocycles. The summed E-state index contributed by atoms with van der Waals surface area (Å²) >= 11 is 0. The van der Waals surface area contributed by atoms with Crippen LogP contribution in [0.25, 0.3) is 0 Å². The second-order valence-corrected chi connectivity index (χ2v) is 7.28. The lowest BCUT2D eigenvalue weighted by molar-refractivity contribution is -0.123. The van der Waals surface area contributed by atoms with Crippen molar-refractivity contribution in [2.24, 2.45) is 5.92 Å². The van der Waals surface area contributed by atoms with Crippen molar-refractivity contribution in [3.8, 4) is 0 Å². The highest BCUT2D eigenvalue weighted by Gasteiger charge is 2.31. The largest absolute Gasteiger partial charge is 0.467 e. The number of piperidine rings is 1. The van der Waals surface area contributed by atoms with E-state index < -0.39 is 0 Å². The van der Waals surface area contributed by atoms with Crippen molar-refractivity contribution < 1.29 is 14.0 Å². The molecular weight excluding hydrogens is 342 g/mol. The van der Waals surface area contributed by atoms with Gasteiger partial charge in [-0.15, -0.1) is 0 Å². The zero-order valence-electron chi connectivity index (χ0n) is 16.2. The molecule has 6 heteroatoms. The molecule has 144 valence electrons. The smallest absolute Gasteiger partial charge is 0.319 e. The van der Waals surface area contributed by atoms with Crippen molar-refractivity contribution in [2.45, 2.75) is 26.3 Å². The Morgan fingerprint density at radius 3 is 2.33 bits per heavy atom. The number of amides is 3. The lowest BCUT2D eigenvalue weighted by atomic mass is 9.95. The molecule has 0 N–H and O–H groups in total. The Morgan fingerprint density at radius 2 is 1.78 bits per heavy atom. The van der Waals surface area contributed by atoms with Gasteiger partial charge in [0.1, 0.15) is 5.76 Å². The average molecular weight is 369 g/mol. The van der Waals surface area contributed by atoms with Crippen LogP contribution < -0.4 is 4.90 Å². The Bertz CT molecular complexity index is 760. The SMILES string of the molecule is Cc1ccc(N(Cc2ccco2)C(=O)C2CCN(C(=O)N(C)C)CC2)cc1. The molecule has 6 nitrogen and oxygen atoms in total. The molecule has 27 heavy (non-hydrogen) atoms. The maximum absolute atomic E-state index is 13.3. The molecule has 0 radical (unpaired) electrons. The first-order chi connectivity index (χ1) is 13.0. The number of hydrogen-bond acceptors (Lipinski definition) is 3. The molecule has 3 rings (SSSR count). The van der Waals surface area contributed by atoms with Crippen molar-refractivity contribution in [3.05, 3.63) is 54.0 Å². The van der Waals surface area contributed by atoms with Gasteiger partial charge in [0.05, 0.1) is 12.8 Å². The van der Waals surface area contributed by atoms with Crippen LogP contribution >= 0.6 is 0 Å². The summed E-state index contributed by atoms with van der Waals surface area (Å²) in [5.41, 5.74) is 2.02. The van der Waals surface area contributed by atoms with Crippen LogP contribution in [0.3, 0.4) is 0 Å². The van der Waals surface area contributed by atoms with Gasteiger partial charge in [-0.25, -0.2) is 4.79 Å². The van der Waals surface area contributed by atoms with E-state index in [1.807, 2.05) is 48.2 Å². The normalized spacial score (nSPS) is 14.9. The fourth-order valence-electron chi connectivity index (χ4n) is 3.40. The fraction of sp³-hybridized carbons (Fsp3) is 0.429. The minimum absolute atomic E-state index is 0.00637. The van der Waals surface area contributed by atoms with E-state index in [2.05, 4.69) is 0 Å². The number of hydrogen-bond donors (Lipinski definition) is 0. The number of urea groups is 1. The molecule has 0 saturated carbocycles. The fourth-order valence-corrected chi connectivity index (χ4v) is 3.40. The third-order valence-electron chi connectivity index (χ3n) is 5.00. The summed E-state index contributed by atoms with van der Waals surface area (Å²) in [6, 6.07) is 11.7. The van der Waals surface area contributed by atoms with Crippen LogP contribution in [0.1, 0.15) is 24.2 Å². The van der Waals surface area contributed by atoms with Gasteiger partial charge >= 0.3 is 6.03 Å². The van der Waals surface area contributed by atoms with Gasteiger partial charge in [0, 0.05) is 38.8 Å². The van der Waals surface area contributed by atoms with E-state index in [1.54, 1.807) is 30.2 Å². The molecule has 1 aromatic heterocycles. The minimum atomic E-state index is -0.0903. The second kappa shape index (κ2) is 8.29. The van der Waals surface area contributed by atoms with E-state index in [1.165, 1.54) is 0 Å². The van der Waals surface area contributed by atoms with Gasteiger partial charge in [0.25, 0.3) is 0 Å². The third kappa shape index (κ3) is 4.51. The molecule has 1 fully saturated rings. The summed E-state index contributed by atoms with van der Waals surface area (Å²) < 4.78 is 5.47. The van der Waals surface area contributed by atoms with Crippen LogP contribution in [-0.4, -0.2) is 48.9 Å². The van der Waals surface area contributed by atoms with E-state index >= 15 is 0 Å². The maximum Gasteiger partial charge on any atom is 0.319 e. The third-order valence-corrected chi connectivity index (χ3v) is 5.00. The predicted molar refractivity (Wildman–Crippen MR) is 104 cm³/mol. The summed E-state index contributed by atoms with van der Waals surface area (Å²) in [5.74, 6) is 0.754. The predicted octanol–water partition coefficient (Wildman–Crippen LogP) is 3.51. The molecule has 0 spiro atoms. The van der Waals surface area contributed by atoms with Crippen LogP contribution in [0.4, 0.5) is 10.5 Å². The maximum atomic E-state index is 13.3. The van der Waals surface area contributed by atoms with E-state index in [-0.39, 0.29) is 17.9 Å². The van der Waals surface area contributed by atoms with Crippen LogP contribution in [0.15, 0.2) is 47.1 Å². The number of carbonyl (C=O) groups is 2. The summed E-state index contributed by atoms with van der Waals surface area (Å²) in [7, 11) is 3.50. The topological polar surface area (TPSA) is 57.0 Å². The molecule has 2 aromatic rings. The summed E-state index contributed by atoms with van der Waals surface area (Å²) in [5, 5.41) is 0. The molecule has 1 aromatic carbocycles. The molecule has 0 unspecified atom stereocenters. The lowest BCUT2D eigenvalue weighted by Crippen LogP contribution is -2.47. The lowest BCUT2D eigenvalue weighted by Gasteiger charge is -2.35. The highest BCUT2D eigenvalue weighted by atomic mass is 16.3. The second-order valence-electron chi connectivity index (χ2n) is 7.28. The van der Waals surface area contributed by atoms with Crippen molar-refractivity contribution in [2.75, 3.05) is 32.1 Å². The number of anilines is 1. The van der Waals surface area contributed by atoms with Gasteiger partial charge in [0.15, 0.2) is 0 Å². The number of aryl methyl sites for hydroxylation is 1. The number of furan rings is 1. The number of benzene rings is 1. The first kappa shape index (κ1) is 19.0. The Kier molecular flexibility index (Phi) is 5.84. The van der Waals surface area contributed by atoms with Crippen LogP contribution in [0.5, 0.6) is 0 Å². The first-order valence-corrected chi connectivity index (χ1v) is 9.32. The molecule has 1 aliphatic rings. The highest BCUT2D eigenvalue weighted by molar-refractivity contribution is 5.95. The van der Waals surface area contributed by atoms with Gasteiger partial charge in [-0.2, -0.15) is 0 Å². The number of rotatable bonds is 4. The molecule has 0 bridgehead atoms. The van der Waals surface area contributed by atoms with Gasteiger partial charge in [0.2, 0.25) is 5.91 Å². The number of nitrogens with zero attached hydrogens (tertiary/aromatic N) is 3. The van der Waals surface area contributed by atoms with Crippen molar-refractivity contribution in [1.29, 1.82) is 0 Å². The van der Waals surface area contributed by atoms with E-state index in [0.29, 0.717) is 32.5 Å². The zero-order valence-corrected chi connectivity index (χ0v) is 16.2. The molecule has 0 atom stereocenters. The van der Waals surface area contributed by atoms with Gasteiger partial charge < -0.3 is 19.1 Å². The van der Waals surface area contributed by atoms with E-state index in [0.717, 1.165) is 17.0 Å². The molecule has 3 amide bonds. The van der Waals surface area contributed by atoms with Crippen LogP contribution in [-0.2, 0) is 11.3 Å². The quantitative estimate of drug-likeness (QED) is 0.829. The summed E-state index contributed by atoms with van der Waals surface area (Å²) in [4.78, 5) is 30.6. The van der Waals surface area contributed by atoms with Crippen LogP contribution in [0, 0.1) is 12.8 Å². The Morgan fingerprint density at radius 1 is 1.11 bits per heavy atom. The Hall–Kier alpha value is -2.76. The average Bonchev–Trinajstić information content (AvgIpc) is 3.19. The minimum Gasteiger partial charge on any atom is -0.467 e. The Balaban J connectivity index is 1.73. The van der Waals surface area contributed by atoms with Crippen molar-refractivity contribution in [3.63, 3.8) is 0 Å². The Labute approximate surface area is 160 Å². The molecule has 1 saturated heterocycles. The summed E-state index contributed by atoms with van der Waals surface area (Å²) in [6.07, 6.45) is 2.98. The van der Waals surface area contributed by atoms with Crippen molar-refractivity contribution >= 4 is 17.6 Å². The highest BCUT2D eigenvalue weighted by Crippen LogP contribution is 2.26. The monoisotopic (exact) mass is 369 g/mol. The first-order valence-electron chi connectivity index (χ1n) is 9.32. The van der Waals surface area contributed by atoms with Gasteiger partial charge in [-0.1, -0.05) is 17.7 Å². The molecular formula is C21H27N3O3. The van der Waals surface area contributed by atoms with Gasteiger partial charge in [-0.3, -0.25) is 4.79 Å². The molecule has 2 heterocycles. The van der Waals surface area contributed by atoms with Crippen molar-refractivity contribution in [1.82, 2.24) is 9.80 Å². The van der Waals surface area contributed by atoms with Crippen LogP contribution in [0.2, 0.25) is 0 Å². The standard InChI is InChI=1S/C21H27N3O3/c1-16-6-8-18(9-7-16)24(15-19-5-4-14-27-19)20(25)17-10-12-23(13-11-17)21(26)22(2)3/h4-9,14,17H,10-13,15H2,1-3H3. The van der Waals surface area contributed by atoms with Gasteiger partial charge in [-0.05, 0) is 44.0 Å². The summed E-state index contributed by atoms with van der Waals surface area (Å²) in [6.45, 7) is 3.65. The van der Waals surface area contributed by atoms with E-state index in [4.69, 9.17) is 4.42 Å². The van der Waals surface area contributed by atoms with E-state index in [9.17, 15) is 9.59 Å². The zero-order chi connectivity index (χ0) is 19.4. The number of likely N-dealkylation sites (tertiary alicyclic amines) is 1.